The van der Waals surface area contributed by atoms with E-state index >= 15 is 0 Å². The molecule has 0 aliphatic carbocycles. The summed E-state index contributed by atoms with van der Waals surface area (Å²) in [6, 6.07) is 6.89. The van der Waals surface area contributed by atoms with Crippen LogP contribution >= 0.6 is 11.6 Å². The van der Waals surface area contributed by atoms with E-state index in [0.717, 1.165) is 37.5 Å². The normalized spacial score (nSPS) is 22.1. The maximum absolute atomic E-state index is 6.55. The number of nitrogens with zero attached hydrogens (tertiary/aromatic N) is 2. The summed E-state index contributed by atoms with van der Waals surface area (Å²) in [5.74, 6) is 0. The van der Waals surface area contributed by atoms with E-state index in [1.165, 1.54) is 17.7 Å². The molecule has 1 aliphatic heterocycles. The summed E-state index contributed by atoms with van der Waals surface area (Å²) in [5, 5.41) is 0.854. The zero-order chi connectivity index (χ0) is 15.4. The minimum absolute atomic E-state index is 0.201. The average molecular weight is 310 g/mol. The van der Waals surface area contributed by atoms with Crippen molar-refractivity contribution in [3.63, 3.8) is 0 Å². The second-order valence-electron chi connectivity index (χ2n) is 6.28. The lowest BCUT2D eigenvalue weighted by Crippen LogP contribution is -2.39. The van der Waals surface area contributed by atoms with Gasteiger partial charge in [0, 0.05) is 25.2 Å². The van der Waals surface area contributed by atoms with E-state index in [-0.39, 0.29) is 6.04 Å². The molecule has 2 rings (SSSR count). The summed E-state index contributed by atoms with van der Waals surface area (Å²) in [6.45, 7) is 7.70. The van der Waals surface area contributed by atoms with Crippen molar-refractivity contribution < 1.29 is 0 Å². The van der Waals surface area contributed by atoms with Crippen molar-refractivity contribution in [3.05, 3.63) is 28.8 Å². The molecule has 0 spiro atoms. The molecule has 0 saturated carbocycles. The molecule has 0 radical (unpaired) electrons. The first-order valence-corrected chi connectivity index (χ1v) is 8.38. The first-order chi connectivity index (χ1) is 10.0. The van der Waals surface area contributed by atoms with Crippen LogP contribution in [0.3, 0.4) is 0 Å². The van der Waals surface area contributed by atoms with E-state index in [1.54, 1.807) is 0 Å². The minimum atomic E-state index is 0.201. The molecule has 118 valence electrons. The molecule has 1 aromatic rings. The van der Waals surface area contributed by atoms with Gasteiger partial charge < -0.3 is 15.5 Å². The van der Waals surface area contributed by atoms with Gasteiger partial charge in [0.05, 0.1) is 10.7 Å². The Morgan fingerprint density at radius 3 is 2.86 bits per heavy atom. The van der Waals surface area contributed by atoms with Crippen LogP contribution in [0.5, 0.6) is 0 Å². The standard InChI is InChI=1S/C17H28ClN3/c1-4-15(19)11-14-7-5-8-16(18)17(14)21-10-6-9-20(3)12-13(21)2/h5,7-8,13,15H,4,6,9-12,19H2,1-3H3. The van der Waals surface area contributed by atoms with E-state index in [0.29, 0.717) is 6.04 Å². The predicted molar refractivity (Wildman–Crippen MR) is 92.3 cm³/mol. The minimum Gasteiger partial charge on any atom is -0.366 e. The van der Waals surface area contributed by atoms with E-state index in [1.807, 2.05) is 12.1 Å². The molecule has 2 unspecified atom stereocenters. The molecule has 1 heterocycles. The van der Waals surface area contributed by atoms with Crippen molar-refractivity contribution in [1.29, 1.82) is 0 Å². The number of benzene rings is 1. The lowest BCUT2D eigenvalue weighted by atomic mass is 10.0. The number of rotatable bonds is 4. The second-order valence-corrected chi connectivity index (χ2v) is 6.69. The first kappa shape index (κ1) is 16.6. The van der Waals surface area contributed by atoms with E-state index in [2.05, 4.69) is 36.8 Å². The highest BCUT2D eigenvalue weighted by Crippen LogP contribution is 2.33. The van der Waals surface area contributed by atoms with Gasteiger partial charge in [-0.25, -0.2) is 0 Å². The zero-order valence-electron chi connectivity index (χ0n) is 13.5. The van der Waals surface area contributed by atoms with Crippen LogP contribution in [0, 0.1) is 0 Å². The molecule has 2 atom stereocenters. The summed E-state index contributed by atoms with van der Waals surface area (Å²) in [6.07, 6.45) is 3.06. The monoisotopic (exact) mass is 309 g/mol. The average Bonchev–Trinajstić information content (AvgIpc) is 2.60. The van der Waals surface area contributed by atoms with Crippen LogP contribution in [0.2, 0.25) is 5.02 Å². The van der Waals surface area contributed by atoms with Gasteiger partial charge in [-0.15, -0.1) is 0 Å². The molecule has 21 heavy (non-hydrogen) atoms. The van der Waals surface area contributed by atoms with E-state index < -0.39 is 0 Å². The van der Waals surface area contributed by atoms with E-state index in [4.69, 9.17) is 17.3 Å². The number of hydrogen-bond donors (Lipinski definition) is 1. The van der Waals surface area contributed by atoms with Crippen LogP contribution < -0.4 is 10.6 Å². The highest BCUT2D eigenvalue weighted by Gasteiger charge is 2.24. The van der Waals surface area contributed by atoms with Crippen LogP contribution in [-0.2, 0) is 6.42 Å². The van der Waals surface area contributed by atoms with Gasteiger partial charge in [0.1, 0.15) is 0 Å². The fourth-order valence-electron chi connectivity index (χ4n) is 3.18. The smallest absolute Gasteiger partial charge is 0.0642 e. The molecule has 2 N–H and O–H groups in total. The Kier molecular flexibility index (Phi) is 5.91. The molecular weight excluding hydrogens is 282 g/mol. The lowest BCUT2D eigenvalue weighted by molar-refractivity contribution is 0.337. The number of hydrogen-bond acceptors (Lipinski definition) is 3. The highest BCUT2D eigenvalue weighted by molar-refractivity contribution is 6.33. The summed E-state index contributed by atoms with van der Waals surface area (Å²) < 4.78 is 0. The van der Waals surface area contributed by atoms with Crippen LogP contribution in [0.4, 0.5) is 5.69 Å². The van der Waals surface area contributed by atoms with Gasteiger partial charge in [-0.2, -0.15) is 0 Å². The van der Waals surface area contributed by atoms with Crippen molar-refractivity contribution in [3.8, 4) is 0 Å². The largest absolute Gasteiger partial charge is 0.366 e. The fourth-order valence-corrected chi connectivity index (χ4v) is 3.48. The Labute approximate surface area is 134 Å². The summed E-state index contributed by atoms with van der Waals surface area (Å²) in [7, 11) is 2.19. The third-order valence-corrected chi connectivity index (χ3v) is 4.72. The number of anilines is 1. The quantitative estimate of drug-likeness (QED) is 0.927. The Bertz CT molecular complexity index is 463. The molecule has 1 aromatic carbocycles. The molecule has 3 nitrogen and oxygen atoms in total. The SMILES string of the molecule is CCC(N)Cc1cccc(Cl)c1N1CCCN(C)CC1C. The Morgan fingerprint density at radius 1 is 1.38 bits per heavy atom. The molecule has 1 aliphatic rings. The molecule has 0 bridgehead atoms. The number of para-hydroxylation sites is 1. The van der Waals surface area contributed by atoms with Crippen LogP contribution in [-0.4, -0.2) is 43.7 Å². The van der Waals surface area contributed by atoms with Gasteiger partial charge in [0.25, 0.3) is 0 Å². The van der Waals surface area contributed by atoms with Gasteiger partial charge in [0.15, 0.2) is 0 Å². The number of likely N-dealkylation sites (N-methyl/N-ethyl adjacent to an activating group) is 1. The third kappa shape index (κ3) is 4.12. The molecular formula is C17H28ClN3. The van der Waals surface area contributed by atoms with Crippen molar-refractivity contribution >= 4 is 17.3 Å². The Balaban J connectivity index is 2.32. The van der Waals surface area contributed by atoms with Crippen molar-refractivity contribution in [2.24, 2.45) is 5.73 Å². The summed E-state index contributed by atoms with van der Waals surface area (Å²) in [5.41, 5.74) is 8.66. The van der Waals surface area contributed by atoms with E-state index in [9.17, 15) is 0 Å². The van der Waals surface area contributed by atoms with Gasteiger partial charge in [0.2, 0.25) is 0 Å². The van der Waals surface area contributed by atoms with Gasteiger partial charge >= 0.3 is 0 Å². The number of nitrogens with two attached hydrogens (primary N) is 1. The first-order valence-electron chi connectivity index (χ1n) is 8.01. The van der Waals surface area contributed by atoms with Crippen LogP contribution in [0.25, 0.3) is 0 Å². The number of halogens is 1. The molecule has 0 aromatic heterocycles. The zero-order valence-corrected chi connectivity index (χ0v) is 14.2. The lowest BCUT2D eigenvalue weighted by Gasteiger charge is -2.33. The summed E-state index contributed by atoms with van der Waals surface area (Å²) in [4.78, 5) is 4.88. The van der Waals surface area contributed by atoms with Crippen molar-refractivity contribution in [2.45, 2.75) is 45.2 Å². The van der Waals surface area contributed by atoms with Gasteiger partial charge in [-0.1, -0.05) is 30.7 Å². The van der Waals surface area contributed by atoms with Gasteiger partial charge in [-0.3, -0.25) is 0 Å². The molecule has 4 heteroatoms. The van der Waals surface area contributed by atoms with Crippen LogP contribution in [0.15, 0.2) is 18.2 Å². The molecule has 0 amide bonds. The Hall–Kier alpha value is -0.770. The van der Waals surface area contributed by atoms with Crippen molar-refractivity contribution in [1.82, 2.24) is 4.90 Å². The van der Waals surface area contributed by atoms with Gasteiger partial charge in [-0.05, 0) is 51.4 Å². The molecule has 1 saturated heterocycles. The maximum Gasteiger partial charge on any atom is 0.0642 e. The second kappa shape index (κ2) is 7.48. The summed E-state index contributed by atoms with van der Waals surface area (Å²) >= 11 is 6.55. The topological polar surface area (TPSA) is 32.5 Å². The Morgan fingerprint density at radius 2 is 2.14 bits per heavy atom. The fraction of sp³-hybridized carbons (Fsp3) is 0.647. The third-order valence-electron chi connectivity index (χ3n) is 4.41. The van der Waals surface area contributed by atoms with Crippen molar-refractivity contribution in [2.75, 3.05) is 31.6 Å². The van der Waals surface area contributed by atoms with Crippen LogP contribution in [0.1, 0.15) is 32.3 Å². The molecule has 1 fully saturated rings. The maximum atomic E-state index is 6.55. The highest BCUT2D eigenvalue weighted by atomic mass is 35.5. The predicted octanol–water partition coefficient (Wildman–Crippen LogP) is 3.15.